The quantitative estimate of drug-likeness (QED) is 0.869. The van der Waals surface area contributed by atoms with E-state index in [2.05, 4.69) is 27.6 Å². The van der Waals surface area contributed by atoms with Gasteiger partial charge in [-0.15, -0.1) is 0 Å². The first-order valence-electron chi connectivity index (χ1n) is 9.45. The molecule has 1 aliphatic heterocycles. The van der Waals surface area contributed by atoms with Crippen LogP contribution in [0.3, 0.4) is 0 Å². The zero-order valence-electron chi connectivity index (χ0n) is 14.4. The van der Waals surface area contributed by atoms with Crippen molar-refractivity contribution in [1.29, 1.82) is 0 Å². The van der Waals surface area contributed by atoms with Crippen molar-refractivity contribution in [3.8, 4) is 0 Å². The van der Waals surface area contributed by atoms with Crippen LogP contribution in [-0.2, 0) is 19.9 Å². The molecule has 5 heteroatoms. The summed E-state index contributed by atoms with van der Waals surface area (Å²) in [5.41, 5.74) is 2.80. The lowest BCUT2D eigenvalue weighted by atomic mass is 10.0. The van der Waals surface area contributed by atoms with Crippen LogP contribution in [0.4, 0.5) is 5.82 Å². The molecule has 2 aromatic rings. The van der Waals surface area contributed by atoms with Crippen molar-refractivity contribution in [1.82, 2.24) is 19.5 Å². The Morgan fingerprint density at radius 3 is 2.75 bits per heavy atom. The van der Waals surface area contributed by atoms with Gasteiger partial charge in [-0.25, -0.2) is 15.0 Å². The van der Waals surface area contributed by atoms with Crippen LogP contribution in [0.2, 0.25) is 0 Å². The number of fused-ring (bicyclic) bond motifs is 1. The minimum absolute atomic E-state index is 0.363. The Labute approximate surface area is 143 Å². The fourth-order valence-corrected chi connectivity index (χ4v) is 4.38. The number of hydrogen-bond acceptors (Lipinski definition) is 4. The SMILES string of the molecule is Cn1c([C@@H]2CCCN2c2ccnc(C3CC3)n2)nc2c1CCCC2. The first-order chi connectivity index (χ1) is 11.8. The maximum Gasteiger partial charge on any atom is 0.133 e. The van der Waals surface area contributed by atoms with E-state index in [1.807, 2.05) is 6.20 Å². The topological polar surface area (TPSA) is 46.8 Å². The fourth-order valence-electron chi connectivity index (χ4n) is 4.38. The molecule has 2 fully saturated rings. The largest absolute Gasteiger partial charge is 0.346 e. The highest BCUT2D eigenvalue weighted by Crippen LogP contribution is 2.40. The molecule has 5 nitrogen and oxygen atoms in total. The predicted molar refractivity (Wildman–Crippen MR) is 93.2 cm³/mol. The van der Waals surface area contributed by atoms with Gasteiger partial charge in [0.25, 0.3) is 0 Å². The van der Waals surface area contributed by atoms with Gasteiger partial charge in [-0.1, -0.05) is 0 Å². The number of anilines is 1. The van der Waals surface area contributed by atoms with Crippen molar-refractivity contribution in [2.75, 3.05) is 11.4 Å². The normalized spacial score (nSPS) is 23.5. The Hall–Kier alpha value is -1.91. The van der Waals surface area contributed by atoms with Gasteiger partial charge in [0.2, 0.25) is 0 Å². The summed E-state index contributed by atoms with van der Waals surface area (Å²) in [5.74, 6) is 3.98. The van der Waals surface area contributed by atoms with E-state index in [4.69, 9.17) is 9.97 Å². The number of aryl methyl sites for hydroxylation is 1. The Balaban J connectivity index is 1.49. The summed E-state index contributed by atoms with van der Waals surface area (Å²) >= 11 is 0. The van der Waals surface area contributed by atoms with Crippen LogP contribution in [0.15, 0.2) is 12.3 Å². The number of imidazole rings is 1. The van der Waals surface area contributed by atoms with Crippen molar-refractivity contribution < 1.29 is 0 Å². The Kier molecular flexibility index (Phi) is 3.35. The maximum atomic E-state index is 5.06. The zero-order chi connectivity index (χ0) is 16.1. The van der Waals surface area contributed by atoms with E-state index in [0.717, 1.165) is 24.6 Å². The Bertz CT molecular complexity index is 761. The highest BCUT2D eigenvalue weighted by molar-refractivity contribution is 5.43. The molecule has 0 amide bonds. The summed E-state index contributed by atoms with van der Waals surface area (Å²) in [4.78, 5) is 16.9. The number of aromatic nitrogens is 4. The average Bonchev–Trinajstić information content (AvgIpc) is 3.27. The second kappa shape index (κ2) is 5.57. The predicted octanol–water partition coefficient (Wildman–Crippen LogP) is 3.31. The molecule has 2 aliphatic carbocycles. The molecular weight excluding hydrogens is 298 g/mol. The minimum atomic E-state index is 0.363. The minimum Gasteiger partial charge on any atom is -0.346 e. The molecule has 126 valence electrons. The first-order valence-corrected chi connectivity index (χ1v) is 9.45. The molecular formula is C19H25N5. The molecule has 1 saturated carbocycles. The van der Waals surface area contributed by atoms with E-state index in [-0.39, 0.29) is 0 Å². The molecule has 0 unspecified atom stereocenters. The van der Waals surface area contributed by atoms with Crippen LogP contribution in [0, 0.1) is 0 Å². The van der Waals surface area contributed by atoms with Crippen molar-refractivity contribution in [2.45, 2.75) is 63.3 Å². The van der Waals surface area contributed by atoms with E-state index in [1.165, 1.54) is 62.2 Å². The van der Waals surface area contributed by atoms with E-state index in [9.17, 15) is 0 Å². The van der Waals surface area contributed by atoms with Gasteiger partial charge in [0.1, 0.15) is 17.5 Å². The third-order valence-corrected chi connectivity index (χ3v) is 5.86. The molecule has 0 bridgehead atoms. The van der Waals surface area contributed by atoms with Crippen LogP contribution < -0.4 is 4.90 Å². The molecule has 1 saturated heterocycles. The average molecular weight is 323 g/mol. The summed E-state index contributed by atoms with van der Waals surface area (Å²) in [6.45, 7) is 1.07. The smallest absolute Gasteiger partial charge is 0.133 e. The lowest BCUT2D eigenvalue weighted by molar-refractivity contribution is 0.606. The summed E-state index contributed by atoms with van der Waals surface area (Å²) < 4.78 is 2.38. The highest BCUT2D eigenvalue weighted by Gasteiger charge is 2.33. The molecule has 5 rings (SSSR count). The fraction of sp³-hybridized carbons (Fsp3) is 0.632. The van der Waals surface area contributed by atoms with Gasteiger partial charge in [0.05, 0.1) is 11.7 Å². The lowest BCUT2D eigenvalue weighted by Crippen LogP contribution is -2.26. The van der Waals surface area contributed by atoms with Gasteiger partial charge in [0.15, 0.2) is 0 Å². The first kappa shape index (κ1) is 14.4. The number of hydrogen-bond donors (Lipinski definition) is 0. The van der Waals surface area contributed by atoms with Crippen molar-refractivity contribution >= 4 is 5.82 Å². The zero-order valence-corrected chi connectivity index (χ0v) is 14.4. The van der Waals surface area contributed by atoms with E-state index < -0.39 is 0 Å². The summed E-state index contributed by atoms with van der Waals surface area (Å²) in [6.07, 6.45) is 11.7. The molecule has 3 heterocycles. The van der Waals surface area contributed by atoms with Crippen molar-refractivity contribution in [3.63, 3.8) is 0 Å². The summed E-state index contributed by atoms with van der Waals surface area (Å²) in [6, 6.07) is 2.44. The van der Waals surface area contributed by atoms with Crippen molar-refractivity contribution in [2.24, 2.45) is 7.05 Å². The molecule has 24 heavy (non-hydrogen) atoms. The van der Waals surface area contributed by atoms with Gasteiger partial charge >= 0.3 is 0 Å². The van der Waals surface area contributed by atoms with E-state index in [1.54, 1.807) is 0 Å². The van der Waals surface area contributed by atoms with E-state index in [0.29, 0.717) is 12.0 Å². The summed E-state index contributed by atoms with van der Waals surface area (Å²) in [7, 11) is 2.21. The van der Waals surface area contributed by atoms with Crippen LogP contribution in [-0.4, -0.2) is 26.1 Å². The monoisotopic (exact) mass is 323 g/mol. The van der Waals surface area contributed by atoms with Gasteiger partial charge in [-0.3, -0.25) is 0 Å². The second-order valence-corrected chi connectivity index (χ2v) is 7.53. The van der Waals surface area contributed by atoms with Gasteiger partial charge in [0, 0.05) is 31.4 Å². The van der Waals surface area contributed by atoms with Gasteiger partial charge in [-0.2, -0.15) is 0 Å². The third kappa shape index (κ3) is 2.33. The molecule has 0 N–H and O–H groups in total. The number of rotatable bonds is 3. The maximum absolute atomic E-state index is 5.06. The molecule has 0 aromatic carbocycles. The van der Waals surface area contributed by atoms with Crippen molar-refractivity contribution in [3.05, 3.63) is 35.3 Å². The standard InChI is InChI=1S/C19H25N5/c1-23-15-6-3-2-5-14(15)21-19(23)16-7-4-12-24(16)17-10-11-20-18(22-17)13-8-9-13/h10-11,13,16H,2-9,12H2,1H3/t16-/m0/s1. The van der Waals surface area contributed by atoms with Crippen LogP contribution in [0.1, 0.15) is 73.5 Å². The van der Waals surface area contributed by atoms with Crippen LogP contribution >= 0.6 is 0 Å². The van der Waals surface area contributed by atoms with E-state index >= 15 is 0 Å². The third-order valence-electron chi connectivity index (χ3n) is 5.86. The molecule has 0 radical (unpaired) electrons. The molecule has 3 aliphatic rings. The highest BCUT2D eigenvalue weighted by atomic mass is 15.3. The molecule has 1 atom stereocenters. The van der Waals surface area contributed by atoms with Crippen LogP contribution in [0.25, 0.3) is 0 Å². The second-order valence-electron chi connectivity index (χ2n) is 7.53. The number of nitrogens with zero attached hydrogens (tertiary/aromatic N) is 5. The van der Waals surface area contributed by atoms with Gasteiger partial charge in [-0.05, 0) is 57.4 Å². The van der Waals surface area contributed by atoms with Crippen LogP contribution in [0.5, 0.6) is 0 Å². The lowest BCUT2D eigenvalue weighted by Gasteiger charge is -2.25. The van der Waals surface area contributed by atoms with Gasteiger partial charge < -0.3 is 9.47 Å². The summed E-state index contributed by atoms with van der Waals surface area (Å²) in [5, 5.41) is 0. The molecule has 2 aromatic heterocycles. The Morgan fingerprint density at radius 2 is 1.92 bits per heavy atom. The molecule has 0 spiro atoms. The Morgan fingerprint density at radius 1 is 1.04 bits per heavy atom.